The number of fused-ring (bicyclic) bond motifs is 1. The first-order valence-electron chi connectivity index (χ1n) is 13.6. The molecule has 2 aliphatic rings. The average Bonchev–Trinajstić information content (AvgIpc) is 3.16. The summed E-state index contributed by atoms with van der Waals surface area (Å²) in [6.45, 7) is 0. The van der Waals surface area contributed by atoms with E-state index >= 15 is 4.39 Å². The van der Waals surface area contributed by atoms with Crippen molar-refractivity contribution in [2.75, 3.05) is 7.05 Å². The van der Waals surface area contributed by atoms with E-state index in [-0.39, 0.29) is 18.9 Å². The van der Waals surface area contributed by atoms with E-state index in [1.165, 1.54) is 7.05 Å². The van der Waals surface area contributed by atoms with Gasteiger partial charge in [-0.15, -0.1) is 4.90 Å². The number of carbonyl (C=O) groups is 3. The first-order chi connectivity index (χ1) is 22.2. The normalized spacial score (nSPS) is 21.5. The molecule has 262 valence electrons. The third-order valence-corrected chi connectivity index (χ3v) is 7.73. The van der Waals surface area contributed by atoms with Gasteiger partial charge >= 0.3 is 17.9 Å². The lowest BCUT2D eigenvalue weighted by molar-refractivity contribution is -0.615. The fraction of sp³-hybridized carbons (Fsp3) is 0.423. The molecule has 2 heterocycles. The number of aldehydes is 1. The summed E-state index contributed by atoms with van der Waals surface area (Å²) in [5.74, 6) is -29.7. The number of amides is 2. The molecule has 0 saturated carbocycles. The van der Waals surface area contributed by atoms with Crippen LogP contribution in [-0.4, -0.2) is 141 Å². The highest BCUT2D eigenvalue weighted by atomic mass is 19.1. The van der Waals surface area contributed by atoms with Crippen LogP contribution >= 0.6 is 0 Å². The Labute approximate surface area is 275 Å². The summed E-state index contributed by atoms with van der Waals surface area (Å²) < 4.78 is 24.6. The molecule has 2 aromatic carbocycles. The molecule has 0 aromatic heterocycles. The number of aliphatic hydroxyl groups is 12. The summed E-state index contributed by atoms with van der Waals surface area (Å²) in [4.78, 5) is 35.9. The van der Waals surface area contributed by atoms with Crippen molar-refractivity contribution in [3.05, 3.63) is 64.5 Å². The van der Waals surface area contributed by atoms with Gasteiger partial charge in [0, 0.05) is 19.0 Å². The van der Waals surface area contributed by atoms with Crippen LogP contribution in [0.5, 0.6) is 5.75 Å². The minimum absolute atomic E-state index is 0.0106. The largest absolute Gasteiger partial charge is 0.435 e. The second-order valence-electron chi connectivity index (χ2n) is 11.0. The highest BCUT2D eigenvalue weighted by Crippen LogP contribution is 2.48. The number of carbonyl (C=O) groups excluding carboxylic acids is 3. The van der Waals surface area contributed by atoms with Crippen LogP contribution in [0.4, 0.5) is 4.39 Å². The predicted octanol–water partition coefficient (Wildman–Crippen LogP) is -7.02. The number of halogens is 1. The number of nitrogens with zero attached hydrogens (tertiary/aromatic N) is 2. The summed E-state index contributed by atoms with van der Waals surface area (Å²) in [7, 11) is 11.6. The van der Waals surface area contributed by atoms with Gasteiger partial charge in [-0.1, -0.05) is 12.1 Å². The highest BCUT2D eigenvalue weighted by molar-refractivity contribution is 6.40. The van der Waals surface area contributed by atoms with E-state index in [0.717, 1.165) is 18.2 Å². The summed E-state index contributed by atoms with van der Waals surface area (Å²) in [6.07, 6.45) is -0.266. The van der Waals surface area contributed by atoms with E-state index in [1.807, 2.05) is 0 Å². The molecule has 2 aliphatic heterocycles. The molecule has 0 bridgehead atoms. The van der Waals surface area contributed by atoms with Crippen molar-refractivity contribution in [2.45, 2.75) is 59.9 Å². The predicted molar refractivity (Wildman–Crippen MR) is 150 cm³/mol. The summed E-state index contributed by atoms with van der Waals surface area (Å²) in [5.41, 5.74) is -4.01. The highest BCUT2D eigenvalue weighted by Gasteiger charge is 2.75. The first kappa shape index (κ1) is 38.2. The number of likely N-dealkylation sites (N-methyl/N-ethyl adjacent to an activating group) is 1. The molecular weight excluding hydrogens is 667 g/mol. The molecule has 13 N–H and O–H groups in total. The minimum atomic E-state index is -4.61. The van der Waals surface area contributed by atoms with Gasteiger partial charge in [-0.3, -0.25) is 14.5 Å². The molecule has 1 saturated heterocycles. The third kappa shape index (κ3) is 5.88. The van der Waals surface area contributed by atoms with Crippen molar-refractivity contribution in [2.24, 2.45) is 0 Å². The molecule has 0 aliphatic carbocycles. The van der Waals surface area contributed by atoms with Crippen molar-refractivity contribution in [1.29, 1.82) is 0 Å². The van der Waals surface area contributed by atoms with E-state index in [9.17, 15) is 75.7 Å². The Balaban J connectivity index is 1.74. The SMILES string of the molecule is [B]C1([B])OC(O)(O)C(O)(O)N(C(O)(O)c2ccc(C(O)(O)Oc3cccc4c3C(O)(O)N(C(CCC=O)C(=O)NC)C4=O)c(F)c2)C1(O)O. The van der Waals surface area contributed by atoms with Gasteiger partial charge in [-0.2, -0.15) is 0 Å². The molecule has 1 fully saturated rings. The molecule has 2 amide bonds. The molecule has 23 heteroatoms. The quantitative estimate of drug-likeness (QED) is 0.0624. The number of benzene rings is 2. The van der Waals surface area contributed by atoms with E-state index in [1.54, 1.807) is 0 Å². The fourth-order valence-corrected chi connectivity index (χ4v) is 5.33. The molecule has 4 radical (unpaired) electrons. The number of morpholine rings is 1. The van der Waals surface area contributed by atoms with Crippen molar-refractivity contribution in [3.63, 3.8) is 0 Å². The second kappa shape index (κ2) is 12.0. The van der Waals surface area contributed by atoms with Crippen LogP contribution in [0.15, 0.2) is 36.4 Å². The lowest BCUT2D eigenvalue weighted by atomic mass is 9.60. The van der Waals surface area contributed by atoms with Crippen molar-refractivity contribution >= 4 is 33.8 Å². The van der Waals surface area contributed by atoms with Crippen LogP contribution in [0.2, 0.25) is 0 Å². The van der Waals surface area contributed by atoms with Crippen LogP contribution in [0.3, 0.4) is 0 Å². The summed E-state index contributed by atoms with van der Waals surface area (Å²) in [5, 5.41) is 125. The second-order valence-corrected chi connectivity index (χ2v) is 11.0. The van der Waals surface area contributed by atoms with Crippen LogP contribution in [-0.2, 0) is 32.1 Å². The Morgan fingerprint density at radius 3 is 2.20 bits per heavy atom. The maximum absolute atomic E-state index is 15.4. The smallest absolute Gasteiger partial charge is 0.354 e. The number of ether oxygens (including phenoxy) is 2. The molecular formula is C26H28B2FN3O17. The van der Waals surface area contributed by atoms with Crippen molar-refractivity contribution < 1.29 is 89.5 Å². The third-order valence-electron chi connectivity index (χ3n) is 7.73. The van der Waals surface area contributed by atoms with Crippen LogP contribution in [0.25, 0.3) is 0 Å². The lowest BCUT2D eigenvalue weighted by Crippen LogP contribution is -2.87. The van der Waals surface area contributed by atoms with Crippen LogP contribution < -0.4 is 10.1 Å². The van der Waals surface area contributed by atoms with Gasteiger partial charge in [-0.05, 0) is 30.7 Å². The number of hydrogen-bond donors (Lipinski definition) is 13. The Morgan fingerprint density at radius 1 is 1.04 bits per heavy atom. The van der Waals surface area contributed by atoms with Crippen molar-refractivity contribution in [1.82, 2.24) is 15.1 Å². The Hall–Kier alpha value is -3.65. The topological polar surface area (TPSA) is 331 Å². The summed E-state index contributed by atoms with van der Waals surface area (Å²) in [6, 6.07) is 2.08. The monoisotopic (exact) mass is 695 g/mol. The zero-order valence-electron chi connectivity index (χ0n) is 24.9. The molecule has 0 spiro atoms. The van der Waals surface area contributed by atoms with Gasteiger partial charge in [0.1, 0.15) is 39.6 Å². The van der Waals surface area contributed by atoms with Gasteiger partial charge in [0.2, 0.25) is 11.8 Å². The number of nitrogens with one attached hydrogen (secondary N) is 1. The Bertz CT molecular complexity index is 1640. The van der Waals surface area contributed by atoms with Crippen LogP contribution in [0.1, 0.15) is 39.9 Å². The van der Waals surface area contributed by atoms with Gasteiger partial charge in [0.15, 0.2) is 0 Å². The van der Waals surface area contributed by atoms with Gasteiger partial charge in [0.25, 0.3) is 17.7 Å². The van der Waals surface area contributed by atoms with E-state index in [2.05, 4.69) is 10.1 Å². The Morgan fingerprint density at radius 2 is 1.65 bits per heavy atom. The van der Waals surface area contributed by atoms with E-state index in [0.29, 0.717) is 23.3 Å². The maximum atomic E-state index is 15.4. The van der Waals surface area contributed by atoms with Gasteiger partial charge in [-0.25, -0.2) is 4.39 Å². The van der Waals surface area contributed by atoms with Crippen LogP contribution in [0, 0.1) is 5.82 Å². The lowest BCUT2D eigenvalue weighted by Gasteiger charge is -2.60. The standard InChI is InChI=1S/C26H28B2FN3O17/c1-30-18(34)15(5-3-9-33)31-19(35)12-4-2-6-16(17(12)21(31,38)39)48-22(40,41)13-8-7-11(10-14(13)29)20(36,37)32-24(42,43)23(27,28)49-26(46,47)25(32,44)45/h2,4,6-10,15,36-47H,3,5H2,1H3,(H,30,34). The molecule has 20 nitrogen and oxygen atoms in total. The van der Waals surface area contributed by atoms with E-state index in [4.69, 9.17) is 20.4 Å². The minimum Gasteiger partial charge on any atom is -0.435 e. The molecule has 2 aromatic rings. The summed E-state index contributed by atoms with van der Waals surface area (Å²) >= 11 is 0. The molecule has 49 heavy (non-hydrogen) atoms. The van der Waals surface area contributed by atoms with E-state index < -0.39 is 97.6 Å². The zero-order chi connectivity index (χ0) is 37.3. The zero-order valence-corrected chi connectivity index (χ0v) is 24.9. The number of hydrogen-bond acceptors (Lipinski definition) is 18. The van der Waals surface area contributed by atoms with Gasteiger partial charge < -0.3 is 80.9 Å². The van der Waals surface area contributed by atoms with Gasteiger partial charge in [0.05, 0.1) is 22.1 Å². The maximum Gasteiger partial charge on any atom is 0.354 e. The fourth-order valence-electron chi connectivity index (χ4n) is 5.33. The molecule has 1 atom stereocenters. The molecule has 4 rings (SSSR count). The molecule has 1 unspecified atom stereocenters. The Kier molecular flexibility index (Phi) is 9.34. The number of rotatable bonds is 10. The van der Waals surface area contributed by atoms with Crippen molar-refractivity contribution in [3.8, 4) is 5.75 Å². The first-order valence-corrected chi connectivity index (χ1v) is 13.6. The average molecular weight is 695 g/mol.